The number of carbonyl (C=O) groups excluding carboxylic acids is 1. The summed E-state index contributed by atoms with van der Waals surface area (Å²) in [5.41, 5.74) is 0.768. The number of aryl methyl sites for hydroxylation is 1. The Labute approximate surface area is 153 Å². The van der Waals surface area contributed by atoms with Crippen LogP contribution >= 0.6 is 0 Å². The number of aromatic nitrogens is 4. The van der Waals surface area contributed by atoms with Gasteiger partial charge in [0.05, 0.1) is 11.0 Å². The van der Waals surface area contributed by atoms with Gasteiger partial charge in [-0.3, -0.25) is 4.79 Å². The third-order valence-corrected chi connectivity index (χ3v) is 6.75. The number of hydrogen-bond donors (Lipinski definition) is 1. The molecule has 26 heavy (non-hydrogen) atoms. The highest BCUT2D eigenvalue weighted by Crippen LogP contribution is 2.63. The van der Waals surface area contributed by atoms with Gasteiger partial charge in [0.25, 0.3) is 0 Å². The van der Waals surface area contributed by atoms with Gasteiger partial charge in [-0.15, -0.1) is 10.2 Å². The highest BCUT2D eigenvalue weighted by atomic mass is 16.2. The Bertz CT molecular complexity index is 816. The molecule has 1 N–H and O–H groups in total. The van der Waals surface area contributed by atoms with Crippen molar-refractivity contribution in [3.63, 3.8) is 0 Å². The van der Waals surface area contributed by atoms with Crippen molar-refractivity contribution in [3.8, 4) is 0 Å². The van der Waals surface area contributed by atoms with Crippen molar-refractivity contribution < 1.29 is 4.79 Å². The number of rotatable bonds is 4. The quantitative estimate of drug-likeness (QED) is 0.919. The topological polar surface area (TPSA) is 72.7 Å². The summed E-state index contributed by atoms with van der Waals surface area (Å²) in [7, 11) is 0. The van der Waals surface area contributed by atoms with Crippen molar-refractivity contribution in [1.29, 1.82) is 0 Å². The normalized spacial score (nSPS) is 34.8. The van der Waals surface area contributed by atoms with E-state index in [1.807, 2.05) is 29.9 Å². The van der Waals surface area contributed by atoms with Crippen LogP contribution in [0.1, 0.15) is 49.9 Å². The Kier molecular flexibility index (Phi) is 3.46. The van der Waals surface area contributed by atoms with E-state index in [9.17, 15) is 4.79 Å². The van der Waals surface area contributed by atoms with Crippen LogP contribution in [-0.2, 0) is 16.9 Å². The molecule has 0 saturated heterocycles. The first-order chi connectivity index (χ1) is 12.6. The predicted octanol–water partition coefficient (Wildman–Crippen LogP) is 2.59. The summed E-state index contributed by atoms with van der Waals surface area (Å²) >= 11 is 0. The molecule has 1 aromatic carbocycles. The van der Waals surface area contributed by atoms with E-state index in [0.717, 1.165) is 37.7 Å². The van der Waals surface area contributed by atoms with Gasteiger partial charge in [-0.05, 0) is 68.1 Å². The van der Waals surface area contributed by atoms with Crippen LogP contribution in [0.15, 0.2) is 30.3 Å². The van der Waals surface area contributed by atoms with Gasteiger partial charge in [-0.25, -0.2) is 0 Å². The van der Waals surface area contributed by atoms with Crippen molar-refractivity contribution in [2.75, 3.05) is 0 Å². The fraction of sp³-hybridized carbons (Fsp3) is 0.600. The molecule has 136 valence electrons. The smallest absolute Gasteiger partial charge is 0.226 e. The molecule has 1 amide bonds. The molecule has 6 heteroatoms. The van der Waals surface area contributed by atoms with Gasteiger partial charge in [0, 0.05) is 6.54 Å². The summed E-state index contributed by atoms with van der Waals surface area (Å²) < 4.78 is 0. The van der Waals surface area contributed by atoms with E-state index in [0.29, 0.717) is 24.2 Å². The summed E-state index contributed by atoms with van der Waals surface area (Å²) in [5, 5.41) is 16.2. The van der Waals surface area contributed by atoms with Crippen LogP contribution in [0.2, 0.25) is 0 Å². The zero-order chi connectivity index (χ0) is 17.8. The van der Waals surface area contributed by atoms with Crippen molar-refractivity contribution in [1.82, 2.24) is 25.5 Å². The molecular formula is C20H25N5O. The fourth-order valence-corrected chi connectivity index (χ4v) is 6.16. The zero-order valence-electron chi connectivity index (χ0n) is 15.2. The molecule has 0 spiro atoms. The molecule has 4 saturated carbocycles. The SMILES string of the molecule is Cc1nnn(C23CC4CC(CC(C(=O)NCc5ccccc5)(C4)C2)C3)n1. The number of benzene rings is 1. The molecule has 4 bridgehead atoms. The Balaban J connectivity index is 1.40. The van der Waals surface area contributed by atoms with E-state index < -0.39 is 0 Å². The zero-order valence-corrected chi connectivity index (χ0v) is 15.2. The first-order valence-corrected chi connectivity index (χ1v) is 9.66. The number of nitrogens with one attached hydrogen (secondary N) is 1. The molecule has 4 fully saturated rings. The van der Waals surface area contributed by atoms with Crippen molar-refractivity contribution in [2.24, 2.45) is 17.3 Å². The van der Waals surface area contributed by atoms with Gasteiger partial charge in [-0.2, -0.15) is 4.80 Å². The van der Waals surface area contributed by atoms with E-state index in [1.165, 1.54) is 6.42 Å². The molecule has 4 aliphatic rings. The Morgan fingerprint density at radius 1 is 1.19 bits per heavy atom. The van der Waals surface area contributed by atoms with E-state index in [-0.39, 0.29) is 16.9 Å². The average molecular weight is 351 g/mol. The maximum atomic E-state index is 13.3. The van der Waals surface area contributed by atoms with E-state index >= 15 is 0 Å². The van der Waals surface area contributed by atoms with Gasteiger partial charge in [0.1, 0.15) is 0 Å². The molecule has 1 heterocycles. The van der Waals surface area contributed by atoms with Crippen LogP contribution in [0, 0.1) is 24.2 Å². The molecule has 0 aliphatic heterocycles. The standard InChI is InChI=1S/C20H25N5O/c1-14-22-24-25(23-14)20-10-16-7-17(11-20)9-19(8-16,13-20)18(26)21-12-15-5-3-2-4-6-15/h2-6,16-17H,7-13H2,1H3,(H,21,26). The number of amides is 1. The molecule has 6 rings (SSSR count). The third kappa shape index (κ3) is 2.46. The Morgan fingerprint density at radius 3 is 2.58 bits per heavy atom. The van der Waals surface area contributed by atoms with Gasteiger partial charge >= 0.3 is 0 Å². The summed E-state index contributed by atoms with van der Waals surface area (Å²) in [6, 6.07) is 10.1. The first-order valence-electron chi connectivity index (χ1n) is 9.66. The average Bonchev–Trinajstić information content (AvgIpc) is 3.07. The predicted molar refractivity (Wildman–Crippen MR) is 95.9 cm³/mol. The van der Waals surface area contributed by atoms with E-state index in [2.05, 4.69) is 32.9 Å². The van der Waals surface area contributed by atoms with E-state index in [1.54, 1.807) is 0 Å². The van der Waals surface area contributed by atoms with Gasteiger partial charge in [-0.1, -0.05) is 30.3 Å². The summed E-state index contributed by atoms with van der Waals surface area (Å²) in [6.45, 7) is 2.48. The van der Waals surface area contributed by atoms with Crippen molar-refractivity contribution in [2.45, 2.75) is 57.5 Å². The minimum Gasteiger partial charge on any atom is -0.352 e. The second-order valence-electron chi connectivity index (χ2n) is 8.76. The minimum atomic E-state index is -0.263. The molecular weight excluding hydrogens is 326 g/mol. The molecule has 2 unspecified atom stereocenters. The molecule has 4 aliphatic carbocycles. The Morgan fingerprint density at radius 2 is 1.92 bits per heavy atom. The summed E-state index contributed by atoms with van der Waals surface area (Å²) in [5.74, 6) is 2.13. The van der Waals surface area contributed by atoms with Gasteiger partial charge < -0.3 is 5.32 Å². The highest BCUT2D eigenvalue weighted by molar-refractivity contribution is 5.83. The second kappa shape index (κ2) is 5.63. The second-order valence-corrected chi connectivity index (χ2v) is 8.76. The summed E-state index contributed by atoms with van der Waals surface area (Å²) in [6.07, 6.45) is 6.31. The van der Waals surface area contributed by atoms with Crippen LogP contribution in [0.3, 0.4) is 0 Å². The molecule has 6 nitrogen and oxygen atoms in total. The van der Waals surface area contributed by atoms with Crippen LogP contribution in [0.25, 0.3) is 0 Å². The summed E-state index contributed by atoms with van der Waals surface area (Å²) in [4.78, 5) is 15.1. The Hall–Kier alpha value is -2.24. The van der Waals surface area contributed by atoms with Crippen LogP contribution in [0.4, 0.5) is 0 Å². The monoisotopic (exact) mass is 351 g/mol. The maximum Gasteiger partial charge on any atom is 0.226 e. The highest BCUT2D eigenvalue weighted by Gasteiger charge is 2.62. The van der Waals surface area contributed by atoms with Crippen LogP contribution < -0.4 is 5.32 Å². The number of tetrazole rings is 1. The van der Waals surface area contributed by atoms with Gasteiger partial charge in [0.15, 0.2) is 5.82 Å². The fourth-order valence-electron chi connectivity index (χ4n) is 6.16. The lowest BCUT2D eigenvalue weighted by atomic mass is 9.46. The number of carbonyl (C=O) groups is 1. The minimum absolute atomic E-state index is 0.116. The molecule has 1 aromatic heterocycles. The lowest BCUT2D eigenvalue weighted by Gasteiger charge is -2.60. The lowest BCUT2D eigenvalue weighted by molar-refractivity contribution is -0.157. The van der Waals surface area contributed by atoms with Crippen molar-refractivity contribution >= 4 is 5.91 Å². The van der Waals surface area contributed by atoms with Crippen molar-refractivity contribution in [3.05, 3.63) is 41.7 Å². The van der Waals surface area contributed by atoms with Crippen LogP contribution in [0.5, 0.6) is 0 Å². The number of nitrogens with zero attached hydrogens (tertiary/aromatic N) is 4. The molecule has 2 aromatic rings. The largest absolute Gasteiger partial charge is 0.352 e. The maximum absolute atomic E-state index is 13.3. The van der Waals surface area contributed by atoms with Gasteiger partial charge in [0.2, 0.25) is 5.91 Å². The van der Waals surface area contributed by atoms with E-state index in [4.69, 9.17) is 0 Å². The molecule has 0 radical (unpaired) electrons. The van der Waals surface area contributed by atoms with Crippen LogP contribution in [-0.4, -0.2) is 26.1 Å². The lowest BCUT2D eigenvalue weighted by Crippen LogP contribution is -2.61. The third-order valence-electron chi connectivity index (χ3n) is 6.75. The first kappa shape index (κ1) is 16.0. The molecule has 2 atom stereocenters. The number of hydrogen-bond acceptors (Lipinski definition) is 4.